The van der Waals surface area contributed by atoms with Crippen LogP contribution in [0.4, 0.5) is 22.0 Å². The van der Waals surface area contributed by atoms with Gasteiger partial charge in [0.05, 0.1) is 16.1 Å². The van der Waals surface area contributed by atoms with Gasteiger partial charge in [0.25, 0.3) is 0 Å². The van der Waals surface area contributed by atoms with Crippen molar-refractivity contribution < 1.29 is 31.5 Å². The van der Waals surface area contributed by atoms with Crippen LogP contribution in [0, 0.1) is 11.6 Å². The van der Waals surface area contributed by atoms with E-state index < -0.39 is 30.0 Å². The van der Waals surface area contributed by atoms with E-state index in [1.165, 1.54) is 0 Å². The predicted molar refractivity (Wildman–Crippen MR) is 72.5 cm³/mol. The van der Waals surface area contributed by atoms with E-state index in [0.717, 1.165) is 18.2 Å². The molecule has 0 aliphatic heterocycles. The Balaban J connectivity index is 2.29. The second-order valence-electron chi connectivity index (χ2n) is 4.56. The molecule has 0 bridgehead atoms. The van der Waals surface area contributed by atoms with Crippen LogP contribution in [0.3, 0.4) is 0 Å². The van der Waals surface area contributed by atoms with Crippen LogP contribution >= 0.6 is 11.6 Å². The second-order valence-corrected chi connectivity index (χ2v) is 4.97. The van der Waals surface area contributed by atoms with Crippen molar-refractivity contribution in [3.8, 4) is 5.75 Å². The molecule has 8 heteroatoms. The highest BCUT2D eigenvalue weighted by atomic mass is 35.5. The highest BCUT2D eigenvalue weighted by Gasteiger charge is 2.31. The molecule has 0 amide bonds. The molecular formula is C15H8ClF5O2. The van der Waals surface area contributed by atoms with Crippen molar-refractivity contribution in [3.05, 3.63) is 63.7 Å². The van der Waals surface area contributed by atoms with Crippen LogP contribution in [0.2, 0.25) is 5.02 Å². The largest absolute Gasteiger partial charge is 0.487 e. The average Bonchev–Trinajstić information content (AvgIpc) is 2.44. The number of halogens is 6. The monoisotopic (exact) mass is 350 g/mol. The summed E-state index contributed by atoms with van der Waals surface area (Å²) in [5.74, 6) is -2.05. The van der Waals surface area contributed by atoms with Crippen molar-refractivity contribution in [2.45, 2.75) is 12.8 Å². The summed E-state index contributed by atoms with van der Waals surface area (Å²) in [6.45, 7) is -0.479. The maximum Gasteiger partial charge on any atom is 0.416 e. The molecule has 0 aliphatic rings. The summed E-state index contributed by atoms with van der Waals surface area (Å²) >= 11 is 5.74. The van der Waals surface area contributed by atoms with E-state index in [4.69, 9.17) is 16.3 Å². The van der Waals surface area contributed by atoms with E-state index in [1.807, 2.05) is 0 Å². The van der Waals surface area contributed by atoms with Gasteiger partial charge in [-0.1, -0.05) is 11.6 Å². The number of alkyl halides is 3. The quantitative estimate of drug-likeness (QED) is 0.571. The summed E-state index contributed by atoms with van der Waals surface area (Å²) in [5.41, 5.74) is -1.49. The lowest BCUT2D eigenvalue weighted by Gasteiger charge is -2.12. The molecule has 2 aromatic carbocycles. The summed E-state index contributed by atoms with van der Waals surface area (Å²) in [4.78, 5) is 10.9. The average molecular weight is 351 g/mol. The summed E-state index contributed by atoms with van der Waals surface area (Å²) in [7, 11) is 0. The Hall–Kier alpha value is -2.15. The lowest BCUT2D eigenvalue weighted by atomic mass is 10.1. The molecule has 0 N–H and O–H groups in total. The van der Waals surface area contributed by atoms with E-state index in [-0.39, 0.29) is 28.2 Å². The van der Waals surface area contributed by atoms with Crippen molar-refractivity contribution in [1.29, 1.82) is 0 Å². The Morgan fingerprint density at radius 3 is 2.30 bits per heavy atom. The molecule has 0 spiro atoms. The summed E-state index contributed by atoms with van der Waals surface area (Å²) in [6, 6.07) is 3.66. The molecule has 0 aromatic heterocycles. The molecule has 0 aliphatic carbocycles. The Labute approximate surface area is 132 Å². The smallest absolute Gasteiger partial charge is 0.416 e. The first-order valence-corrected chi connectivity index (χ1v) is 6.52. The van der Waals surface area contributed by atoms with Gasteiger partial charge in [-0.2, -0.15) is 13.2 Å². The Kier molecular flexibility index (Phi) is 4.89. The van der Waals surface area contributed by atoms with Crippen LogP contribution in [0.25, 0.3) is 0 Å². The number of benzene rings is 2. The predicted octanol–water partition coefficient (Wildman–Crippen LogP) is 5.03. The maximum absolute atomic E-state index is 13.3. The van der Waals surface area contributed by atoms with Gasteiger partial charge in [-0.05, 0) is 35.9 Å². The van der Waals surface area contributed by atoms with Gasteiger partial charge in [-0.25, -0.2) is 8.78 Å². The first-order chi connectivity index (χ1) is 10.7. The number of carbonyl (C=O) groups excluding carboxylic acids is 1. The van der Waals surface area contributed by atoms with Crippen LogP contribution < -0.4 is 4.74 Å². The highest BCUT2D eigenvalue weighted by Crippen LogP contribution is 2.32. The van der Waals surface area contributed by atoms with Gasteiger partial charge < -0.3 is 4.74 Å². The number of aldehydes is 1. The molecule has 0 atom stereocenters. The normalized spacial score (nSPS) is 11.4. The number of carbonyl (C=O) groups is 1. The number of hydrogen-bond acceptors (Lipinski definition) is 2. The zero-order chi connectivity index (χ0) is 17.2. The van der Waals surface area contributed by atoms with Crippen molar-refractivity contribution in [1.82, 2.24) is 0 Å². The first-order valence-electron chi connectivity index (χ1n) is 6.14. The molecule has 0 saturated heterocycles. The number of ether oxygens (including phenoxy) is 1. The lowest BCUT2D eigenvalue weighted by molar-refractivity contribution is -0.137. The van der Waals surface area contributed by atoms with Gasteiger partial charge in [-0.3, -0.25) is 4.79 Å². The minimum absolute atomic E-state index is 0.116. The van der Waals surface area contributed by atoms with Gasteiger partial charge in [0, 0.05) is 0 Å². The van der Waals surface area contributed by atoms with Gasteiger partial charge in [0.15, 0.2) is 6.29 Å². The topological polar surface area (TPSA) is 26.3 Å². The zero-order valence-corrected chi connectivity index (χ0v) is 12.0. The summed E-state index contributed by atoms with van der Waals surface area (Å²) < 4.78 is 69.4. The van der Waals surface area contributed by atoms with E-state index in [1.54, 1.807) is 0 Å². The Morgan fingerprint density at radius 1 is 1.04 bits per heavy atom. The standard InChI is InChI=1S/C15H8ClF5O2/c16-13-5-12(18)3-9(6-22)14(13)23-7-8-1-10(15(19,20)21)4-11(17)2-8/h1-6H,7H2. The van der Waals surface area contributed by atoms with Crippen molar-refractivity contribution in [3.63, 3.8) is 0 Å². The van der Waals surface area contributed by atoms with E-state index in [9.17, 15) is 26.7 Å². The van der Waals surface area contributed by atoms with Crippen molar-refractivity contribution in [2.24, 2.45) is 0 Å². The molecule has 0 saturated carbocycles. The number of rotatable bonds is 4. The molecule has 23 heavy (non-hydrogen) atoms. The molecular weight excluding hydrogens is 343 g/mol. The van der Waals surface area contributed by atoms with E-state index >= 15 is 0 Å². The van der Waals surface area contributed by atoms with Gasteiger partial charge in [0.1, 0.15) is 24.0 Å². The minimum Gasteiger partial charge on any atom is -0.487 e. The molecule has 2 rings (SSSR count). The fourth-order valence-electron chi connectivity index (χ4n) is 1.87. The van der Waals surface area contributed by atoms with Crippen LogP contribution in [0.1, 0.15) is 21.5 Å². The Morgan fingerprint density at radius 2 is 1.70 bits per heavy atom. The second kappa shape index (κ2) is 6.54. The van der Waals surface area contributed by atoms with Crippen LogP contribution in [0.15, 0.2) is 30.3 Å². The highest BCUT2D eigenvalue weighted by molar-refractivity contribution is 6.32. The third-order valence-corrected chi connectivity index (χ3v) is 3.11. The van der Waals surface area contributed by atoms with Crippen molar-refractivity contribution >= 4 is 17.9 Å². The van der Waals surface area contributed by atoms with E-state index in [0.29, 0.717) is 12.1 Å². The lowest BCUT2D eigenvalue weighted by Crippen LogP contribution is -2.08. The molecule has 2 aromatic rings. The van der Waals surface area contributed by atoms with Crippen LogP contribution in [-0.2, 0) is 12.8 Å². The summed E-state index contributed by atoms with van der Waals surface area (Å²) in [5, 5.41) is -0.223. The third-order valence-electron chi connectivity index (χ3n) is 2.83. The number of hydrogen-bond donors (Lipinski definition) is 0. The molecule has 2 nitrogen and oxygen atoms in total. The Bertz CT molecular complexity index is 743. The SMILES string of the molecule is O=Cc1cc(F)cc(Cl)c1OCc1cc(F)cc(C(F)(F)F)c1. The van der Waals surface area contributed by atoms with Crippen LogP contribution in [-0.4, -0.2) is 6.29 Å². The first kappa shape index (κ1) is 17.2. The van der Waals surface area contributed by atoms with Gasteiger partial charge in [0.2, 0.25) is 0 Å². The van der Waals surface area contributed by atoms with Gasteiger partial charge in [-0.15, -0.1) is 0 Å². The van der Waals surface area contributed by atoms with Crippen molar-refractivity contribution in [2.75, 3.05) is 0 Å². The zero-order valence-electron chi connectivity index (χ0n) is 11.3. The van der Waals surface area contributed by atoms with E-state index in [2.05, 4.69) is 0 Å². The molecule has 0 heterocycles. The fourth-order valence-corrected chi connectivity index (χ4v) is 2.14. The maximum atomic E-state index is 13.3. The minimum atomic E-state index is -4.71. The molecule has 0 radical (unpaired) electrons. The van der Waals surface area contributed by atoms with Crippen LogP contribution in [0.5, 0.6) is 5.75 Å². The fraction of sp³-hybridized carbons (Fsp3) is 0.133. The molecule has 0 unspecified atom stereocenters. The summed E-state index contributed by atoms with van der Waals surface area (Å²) in [6.07, 6.45) is -4.42. The third kappa shape index (κ3) is 4.19. The van der Waals surface area contributed by atoms with Gasteiger partial charge >= 0.3 is 6.18 Å². The molecule has 0 fully saturated rings. The molecule has 122 valence electrons.